The van der Waals surface area contributed by atoms with Gasteiger partial charge in [0.1, 0.15) is 11.6 Å². The molecule has 0 aromatic carbocycles. The lowest BCUT2D eigenvalue weighted by Gasteiger charge is -2.16. The number of hydrogen-bond acceptors (Lipinski definition) is 9. The van der Waals surface area contributed by atoms with Crippen LogP contribution in [-0.4, -0.2) is 62.5 Å². The molecule has 0 fully saturated rings. The van der Waals surface area contributed by atoms with Crippen LogP contribution in [0.4, 0.5) is 5.95 Å². The van der Waals surface area contributed by atoms with Crippen LogP contribution in [0.25, 0.3) is 11.2 Å². The van der Waals surface area contributed by atoms with Gasteiger partial charge in [0, 0.05) is 32.7 Å². The van der Waals surface area contributed by atoms with E-state index in [1.807, 2.05) is 12.2 Å². The van der Waals surface area contributed by atoms with Gasteiger partial charge in [0.2, 0.25) is 17.8 Å². The van der Waals surface area contributed by atoms with Crippen molar-refractivity contribution in [2.75, 3.05) is 18.5 Å². The molecule has 0 saturated carbocycles. The van der Waals surface area contributed by atoms with Crippen LogP contribution in [0.15, 0.2) is 85.4 Å². The van der Waals surface area contributed by atoms with Gasteiger partial charge in [0.25, 0.3) is 0 Å². The number of allylic oxidation sites excluding steroid dienone is 12. The monoisotopic (exact) mass is 702 g/mol. The van der Waals surface area contributed by atoms with E-state index in [4.69, 9.17) is 9.47 Å². The van der Waals surface area contributed by atoms with Crippen molar-refractivity contribution in [3.63, 3.8) is 0 Å². The number of aryl methyl sites for hydroxylation is 1. The molecule has 12 nitrogen and oxygen atoms in total. The number of ether oxygens (including phenoxy) is 2. The SMILES string of the molecule is CC/C=C\C/C=C\C/C=C\C/C=C\C/C=C\C/C=C\CCC(=O)N[C@@H](C)C(=O)Nc1ncc2ncn(CCC(COC(C)=O)COC(C)=O)c2n1. The third-order valence-corrected chi connectivity index (χ3v) is 7.32. The highest BCUT2D eigenvalue weighted by Crippen LogP contribution is 2.15. The zero-order valence-corrected chi connectivity index (χ0v) is 30.5. The summed E-state index contributed by atoms with van der Waals surface area (Å²) in [7, 11) is 0. The Morgan fingerprint density at radius 1 is 0.784 bits per heavy atom. The molecule has 12 heteroatoms. The van der Waals surface area contributed by atoms with Crippen molar-refractivity contribution in [2.45, 2.75) is 98.1 Å². The van der Waals surface area contributed by atoms with Crippen LogP contribution in [0.1, 0.15) is 85.5 Å². The minimum absolute atomic E-state index is 0.0738. The molecule has 2 heterocycles. The first-order chi connectivity index (χ1) is 24.7. The number of nitrogens with zero attached hydrogens (tertiary/aromatic N) is 4. The largest absolute Gasteiger partial charge is 0.465 e. The van der Waals surface area contributed by atoms with E-state index in [1.54, 1.807) is 17.8 Å². The summed E-state index contributed by atoms with van der Waals surface area (Å²) in [4.78, 5) is 60.7. The second kappa shape index (κ2) is 25.8. The van der Waals surface area contributed by atoms with Gasteiger partial charge in [-0.2, -0.15) is 4.98 Å². The molecule has 0 aliphatic carbocycles. The number of amides is 2. The van der Waals surface area contributed by atoms with Gasteiger partial charge in [-0.25, -0.2) is 9.97 Å². The molecule has 2 rings (SSSR count). The molecule has 2 aromatic heterocycles. The van der Waals surface area contributed by atoms with Crippen molar-refractivity contribution < 1.29 is 28.7 Å². The number of hydrogen-bond donors (Lipinski definition) is 2. The van der Waals surface area contributed by atoms with Crippen LogP contribution in [0.3, 0.4) is 0 Å². The Kier molecular flexibility index (Phi) is 21.3. The summed E-state index contributed by atoms with van der Waals surface area (Å²) in [5.74, 6) is -1.67. The number of nitrogens with one attached hydrogen (secondary N) is 2. The zero-order chi connectivity index (χ0) is 37.1. The maximum absolute atomic E-state index is 12.8. The van der Waals surface area contributed by atoms with Gasteiger partial charge in [0.15, 0.2) is 5.65 Å². The van der Waals surface area contributed by atoms with Crippen molar-refractivity contribution >= 4 is 40.9 Å². The van der Waals surface area contributed by atoms with Crippen LogP contribution in [0.2, 0.25) is 0 Å². The van der Waals surface area contributed by atoms with Gasteiger partial charge in [-0.3, -0.25) is 24.5 Å². The Morgan fingerprint density at radius 3 is 1.84 bits per heavy atom. The predicted molar refractivity (Wildman–Crippen MR) is 200 cm³/mol. The average molecular weight is 703 g/mol. The Labute approximate surface area is 301 Å². The van der Waals surface area contributed by atoms with Gasteiger partial charge >= 0.3 is 11.9 Å². The summed E-state index contributed by atoms with van der Waals surface area (Å²) in [6.07, 6.45) is 35.7. The maximum Gasteiger partial charge on any atom is 0.302 e. The number of imidazole rings is 1. The van der Waals surface area contributed by atoms with Crippen LogP contribution in [0.5, 0.6) is 0 Å². The Morgan fingerprint density at radius 2 is 1.31 bits per heavy atom. The average Bonchev–Trinajstić information content (AvgIpc) is 3.50. The van der Waals surface area contributed by atoms with Gasteiger partial charge < -0.3 is 19.4 Å². The smallest absolute Gasteiger partial charge is 0.302 e. The predicted octanol–water partition coefficient (Wildman–Crippen LogP) is 6.88. The molecule has 2 N–H and O–H groups in total. The summed E-state index contributed by atoms with van der Waals surface area (Å²) >= 11 is 0. The minimum atomic E-state index is -0.796. The highest BCUT2D eigenvalue weighted by molar-refractivity contribution is 5.96. The fraction of sp³-hybridized carbons (Fsp3) is 0.462. The quantitative estimate of drug-likeness (QED) is 0.0880. The van der Waals surface area contributed by atoms with E-state index in [0.29, 0.717) is 30.6 Å². The number of aromatic nitrogens is 4. The first-order valence-electron chi connectivity index (χ1n) is 17.6. The molecule has 1 atom stereocenters. The highest BCUT2D eigenvalue weighted by atomic mass is 16.5. The van der Waals surface area contributed by atoms with E-state index >= 15 is 0 Å². The van der Waals surface area contributed by atoms with Crippen molar-refractivity contribution in [1.82, 2.24) is 24.8 Å². The topological polar surface area (TPSA) is 154 Å². The van der Waals surface area contributed by atoms with Gasteiger partial charge in [-0.15, -0.1) is 0 Å². The molecule has 2 amide bonds. The minimum Gasteiger partial charge on any atom is -0.465 e. The summed E-state index contributed by atoms with van der Waals surface area (Å²) in [6.45, 7) is 7.03. The van der Waals surface area contributed by atoms with Crippen LogP contribution in [0, 0.1) is 5.92 Å². The Bertz CT molecular complexity index is 1540. The number of fused-ring (bicyclic) bond motifs is 1. The summed E-state index contributed by atoms with van der Waals surface area (Å²) in [6, 6.07) is -0.796. The standard InChI is InChI=1S/C39H54N6O6/c1-5-6-7-8-9-10-11-12-13-14-15-16-17-18-19-20-21-22-23-24-36(48)42-31(2)38(49)44-39-40-27-35-37(43-39)45(30-41-35)26-25-34(28-50-32(3)46)29-51-33(4)47/h6-7,9-10,12-13,15-16,18-19,21-22,27,30-31,34H,5,8,11,14,17,20,23-26,28-29H2,1-4H3,(H,42,48)(H,40,43,44,49)/b7-6-,10-9-,13-12-,16-15-,19-18-,22-21-/t31-/m0/s1. The molecular weight excluding hydrogens is 648 g/mol. The molecule has 0 bridgehead atoms. The molecule has 51 heavy (non-hydrogen) atoms. The third-order valence-electron chi connectivity index (χ3n) is 7.32. The van der Waals surface area contributed by atoms with E-state index in [2.05, 4.69) is 93.3 Å². The fourth-order valence-corrected chi connectivity index (χ4v) is 4.54. The number of carbonyl (C=O) groups is 4. The van der Waals surface area contributed by atoms with E-state index < -0.39 is 23.9 Å². The Balaban J connectivity index is 1.69. The van der Waals surface area contributed by atoms with Gasteiger partial charge in [0.05, 0.1) is 25.7 Å². The van der Waals surface area contributed by atoms with E-state index in [-0.39, 0.29) is 37.4 Å². The number of carbonyl (C=O) groups excluding carboxylic acids is 4. The fourth-order valence-electron chi connectivity index (χ4n) is 4.54. The first kappa shape index (κ1) is 42.0. The molecule has 0 aliphatic rings. The lowest BCUT2D eigenvalue weighted by atomic mass is 10.1. The van der Waals surface area contributed by atoms with Gasteiger partial charge in [-0.05, 0) is 58.3 Å². The summed E-state index contributed by atoms with van der Waals surface area (Å²) < 4.78 is 12.0. The van der Waals surface area contributed by atoms with E-state index in [9.17, 15) is 19.2 Å². The second-order valence-electron chi connectivity index (χ2n) is 11.8. The van der Waals surface area contributed by atoms with Crippen molar-refractivity contribution in [3.05, 3.63) is 85.4 Å². The number of esters is 2. The van der Waals surface area contributed by atoms with Crippen molar-refractivity contribution in [3.8, 4) is 0 Å². The highest BCUT2D eigenvalue weighted by Gasteiger charge is 2.18. The summed E-state index contributed by atoms with van der Waals surface area (Å²) in [5, 5.41) is 5.36. The first-order valence-corrected chi connectivity index (χ1v) is 17.6. The molecule has 276 valence electrons. The molecule has 0 unspecified atom stereocenters. The second-order valence-corrected chi connectivity index (χ2v) is 11.8. The summed E-state index contributed by atoms with van der Waals surface area (Å²) in [5.41, 5.74) is 1.02. The van der Waals surface area contributed by atoms with Crippen LogP contribution >= 0.6 is 0 Å². The van der Waals surface area contributed by atoms with Crippen molar-refractivity contribution in [1.29, 1.82) is 0 Å². The molecule has 2 aromatic rings. The molecule has 0 saturated heterocycles. The zero-order valence-electron chi connectivity index (χ0n) is 30.5. The maximum atomic E-state index is 12.8. The number of rotatable bonds is 24. The lowest BCUT2D eigenvalue weighted by Crippen LogP contribution is -2.41. The third kappa shape index (κ3) is 19.6. The van der Waals surface area contributed by atoms with Crippen molar-refractivity contribution in [2.24, 2.45) is 5.92 Å². The number of anilines is 1. The van der Waals surface area contributed by atoms with E-state index in [1.165, 1.54) is 20.0 Å². The normalized spacial score (nSPS) is 12.8. The molecule has 0 spiro atoms. The molecule has 0 radical (unpaired) electrons. The molecular formula is C39H54N6O6. The Hall–Kier alpha value is -5.13. The lowest BCUT2D eigenvalue weighted by molar-refractivity contribution is -0.146. The molecule has 0 aliphatic heterocycles. The van der Waals surface area contributed by atoms with Crippen LogP contribution in [-0.2, 0) is 35.2 Å². The van der Waals surface area contributed by atoms with Gasteiger partial charge in [-0.1, -0.05) is 79.8 Å². The van der Waals surface area contributed by atoms with Crippen LogP contribution < -0.4 is 10.6 Å². The van der Waals surface area contributed by atoms with E-state index in [0.717, 1.165) is 38.5 Å².